The second kappa shape index (κ2) is 16.9. The average molecular weight is 708 g/mol. The number of ether oxygens (including phenoxy) is 3. The minimum atomic E-state index is -1.00. The molecule has 3 aromatic carbocycles. The molecule has 0 radical (unpaired) electrons. The second-order valence-electron chi connectivity index (χ2n) is 11.0. The maximum absolute atomic E-state index is 13.8. The van der Waals surface area contributed by atoms with Crippen LogP contribution in [0.15, 0.2) is 76.6 Å². The SMILES string of the molecule is CCCCCOc1ccc(C2C(=C(O)c3ccc(OCCC)cc3)C(=O)C(=O)N2c2nnc(SCc3ccc(Cl)cc3)s2)cc1OCC. The first-order valence-electron chi connectivity index (χ1n) is 16.0. The van der Waals surface area contributed by atoms with Crippen molar-refractivity contribution < 1.29 is 28.9 Å². The lowest BCUT2D eigenvalue weighted by atomic mass is 9.95. The number of halogens is 1. The summed E-state index contributed by atoms with van der Waals surface area (Å²) in [6.45, 7) is 7.49. The van der Waals surface area contributed by atoms with Crippen LogP contribution in [0.1, 0.15) is 69.2 Å². The largest absolute Gasteiger partial charge is 0.507 e. The number of benzene rings is 3. The number of hydrogen-bond acceptors (Lipinski definition) is 10. The van der Waals surface area contributed by atoms with Gasteiger partial charge in [-0.15, -0.1) is 10.2 Å². The molecule has 2 heterocycles. The molecule has 0 bridgehead atoms. The fraction of sp³-hybridized carbons (Fsp3) is 0.333. The standard InChI is InChI=1S/C36H38ClN3O6S2/c1-4-7-8-20-46-28-18-13-25(21-29(28)44-6-3)31-30(32(41)24-11-16-27(17-12-24)45-19-5-2)33(42)34(43)40(31)35-38-39-36(48-35)47-22-23-9-14-26(37)15-10-23/h9-18,21,31,41H,4-8,19-20,22H2,1-3H3. The molecular formula is C36H38ClN3O6S2. The summed E-state index contributed by atoms with van der Waals surface area (Å²) in [6.07, 6.45) is 3.87. The maximum atomic E-state index is 13.8. The molecule has 4 aromatic rings. The number of Topliss-reactive ketones (excluding diaryl/α,β-unsaturated/α-hetero) is 1. The predicted molar refractivity (Wildman–Crippen MR) is 191 cm³/mol. The van der Waals surface area contributed by atoms with Crippen molar-refractivity contribution in [3.8, 4) is 17.2 Å². The van der Waals surface area contributed by atoms with E-state index in [1.54, 1.807) is 42.5 Å². The van der Waals surface area contributed by atoms with E-state index in [9.17, 15) is 14.7 Å². The van der Waals surface area contributed by atoms with Gasteiger partial charge in [-0.3, -0.25) is 14.5 Å². The minimum absolute atomic E-state index is 0.0631. The Morgan fingerprint density at radius 3 is 2.38 bits per heavy atom. The molecule has 12 heteroatoms. The molecule has 1 aliphatic heterocycles. The van der Waals surface area contributed by atoms with E-state index in [0.29, 0.717) is 63.3 Å². The summed E-state index contributed by atoms with van der Waals surface area (Å²) in [7, 11) is 0. The second-order valence-corrected chi connectivity index (χ2v) is 13.6. The van der Waals surface area contributed by atoms with Crippen LogP contribution < -0.4 is 19.1 Å². The highest BCUT2D eigenvalue weighted by atomic mass is 35.5. The lowest BCUT2D eigenvalue weighted by Gasteiger charge is -2.23. The lowest BCUT2D eigenvalue weighted by molar-refractivity contribution is -0.132. The summed E-state index contributed by atoms with van der Waals surface area (Å²) in [5, 5.41) is 21.2. The number of hydrogen-bond donors (Lipinski definition) is 1. The van der Waals surface area contributed by atoms with Crippen molar-refractivity contribution in [3.05, 3.63) is 94.0 Å². The molecule has 1 N–H and O–H groups in total. The van der Waals surface area contributed by atoms with E-state index >= 15 is 0 Å². The molecule has 48 heavy (non-hydrogen) atoms. The van der Waals surface area contributed by atoms with Gasteiger partial charge in [-0.05, 0) is 79.4 Å². The van der Waals surface area contributed by atoms with Crippen molar-refractivity contribution in [2.24, 2.45) is 0 Å². The highest BCUT2D eigenvalue weighted by Crippen LogP contribution is 2.46. The Balaban J connectivity index is 1.53. The molecule has 1 aromatic heterocycles. The molecule has 0 aliphatic carbocycles. The van der Waals surface area contributed by atoms with Crippen LogP contribution in [0.25, 0.3) is 5.76 Å². The third-order valence-corrected chi connectivity index (χ3v) is 9.89. The van der Waals surface area contributed by atoms with Crippen LogP contribution in [-0.4, -0.2) is 46.8 Å². The number of unbranched alkanes of at least 4 members (excludes halogenated alkanes) is 2. The third kappa shape index (κ3) is 8.32. The topological polar surface area (TPSA) is 111 Å². The van der Waals surface area contributed by atoms with Crippen LogP contribution in [0.5, 0.6) is 17.2 Å². The molecule has 5 rings (SSSR count). The van der Waals surface area contributed by atoms with Gasteiger partial charge in [0.25, 0.3) is 5.78 Å². The lowest BCUT2D eigenvalue weighted by Crippen LogP contribution is -2.29. The van der Waals surface area contributed by atoms with Gasteiger partial charge in [-0.2, -0.15) is 0 Å². The van der Waals surface area contributed by atoms with Gasteiger partial charge in [-0.1, -0.05) is 79.6 Å². The van der Waals surface area contributed by atoms with E-state index in [-0.39, 0.29) is 16.5 Å². The van der Waals surface area contributed by atoms with Gasteiger partial charge in [-0.25, -0.2) is 0 Å². The Labute approximate surface area is 293 Å². The number of thioether (sulfide) groups is 1. The molecule has 1 aliphatic rings. The summed E-state index contributed by atoms with van der Waals surface area (Å²) < 4.78 is 18.3. The van der Waals surface area contributed by atoms with E-state index in [2.05, 4.69) is 17.1 Å². The van der Waals surface area contributed by atoms with Crippen LogP contribution in [-0.2, 0) is 15.3 Å². The van der Waals surface area contributed by atoms with Gasteiger partial charge < -0.3 is 19.3 Å². The number of aliphatic hydroxyl groups excluding tert-OH is 1. The number of anilines is 1. The zero-order chi connectivity index (χ0) is 34.0. The number of aliphatic hydroxyl groups is 1. The summed E-state index contributed by atoms with van der Waals surface area (Å²) in [4.78, 5) is 28.9. The van der Waals surface area contributed by atoms with Crippen molar-refractivity contribution in [1.29, 1.82) is 0 Å². The summed E-state index contributed by atoms with van der Waals surface area (Å²) in [6, 6.07) is 18.6. The monoisotopic (exact) mass is 707 g/mol. The van der Waals surface area contributed by atoms with Crippen LogP contribution >= 0.6 is 34.7 Å². The Bertz CT molecular complexity index is 1740. The van der Waals surface area contributed by atoms with Gasteiger partial charge in [0.05, 0.1) is 31.4 Å². The van der Waals surface area contributed by atoms with E-state index in [1.165, 1.54) is 28.0 Å². The first-order valence-corrected chi connectivity index (χ1v) is 18.2. The van der Waals surface area contributed by atoms with Crippen LogP contribution in [0, 0.1) is 0 Å². The number of ketones is 1. The fourth-order valence-electron chi connectivity index (χ4n) is 5.13. The Hall–Kier alpha value is -4.06. The molecule has 1 saturated heterocycles. The fourth-order valence-corrected chi connectivity index (χ4v) is 7.08. The van der Waals surface area contributed by atoms with Crippen molar-refractivity contribution >= 4 is 57.3 Å². The smallest absolute Gasteiger partial charge is 0.301 e. The van der Waals surface area contributed by atoms with Gasteiger partial charge in [0, 0.05) is 16.3 Å². The van der Waals surface area contributed by atoms with Gasteiger partial charge in [0.1, 0.15) is 11.5 Å². The van der Waals surface area contributed by atoms with Crippen molar-refractivity contribution in [3.63, 3.8) is 0 Å². The highest BCUT2D eigenvalue weighted by molar-refractivity contribution is 8.00. The first kappa shape index (κ1) is 35.3. The highest BCUT2D eigenvalue weighted by Gasteiger charge is 2.48. The summed E-state index contributed by atoms with van der Waals surface area (Å²) >= 11 is 8.69. The minimum Gasteiger partial charge on any atom is -0.507 e. The zero-order valence-electron chi connectivity index (χ0n) is 27.1. The number of rotatable bonds is 16. The van der Waals surface area contributed by atoms with Gasteiger partial charge >= 0.3 is 5.91 Å². The van der Waals surface area contributed by atoms with Crippen molar-refractivity contribution in [2.75, 3.05) is 24.7 Å². The van der Waals surface area contributed by atoms with Crippen molar-refractivity contribution in [2.45, 2.75) is 62.6 Å². The van der Waals surface area contributed by atoms with Gasteiger partial charge in [0.15, 0.2) is 15.8 Å². The van der Waals surface area contributed by atoms with Crippen molar-refractivity contribution in [1.82, 2.24) is 10.2 Å². The predicted octanol–water partition coefficient (Wildman–Crippen LogP) is 8.87. The maximum Gasteiger partial charge on any atom is 0.301 e. The molecule has 252 valence electrons. The van der Waals surface area contributed by atoms with Crippen LogP contribution in [0.4, 0.5) is 5.13 Å². The van der Waals surface area contributed by atoms with E-state index in [0.717, 1.165) is 31.2 Å². The van der Waals surface area contributed by atoms with Crippen LogP contribution in [0.3, 0.4) is 0 Å². The van der Waals surface area contributed by atoms with Gasteiger partial charge in [0.2, 0.25) is 5.13 Å². The van der Waals surface area contributed by atoms with E-state index in [1.807, 2.05) is 38.1 Å². The first-order chi connectivity index (χ1) is 23.3. The van der Waals surface area contributed by atoms with E-state index < -0.39 is 17.7 Å². The number of carbonyl (C=O) groups is 2. The summed E-state index contributed by atoms with van der Waals surface area (Å²) in [5.74, 6) is 0.351. The number of nitrogens with zero attached hydrogens (tertiary/aromatic N) is 3. The molecule has 1 amide bonds. The molecule has 1 unspecified atom stereocenters. The molecule has 0 saturated carbocycles. The molecule has 9 nitrogen and oxygen atoms in total. The normalized spacial score (nSPS) is 15.6. The average Bonchev–Trinajstić information content (AvgIpc) is 3.67. The molecular weight excluding hydrogens is 670 g/mol. The Morgan fingerprint density at radius 1 is 0.896 bits per heavy atom. The third-order valence-electron chi connectivity index (χ3n) is 7.51. The zero-order valence-corrected chi connectivity index (χ0v) is 29.5. The number of aromatic nitrogens is 2. The summed E-state index contributed by atoms with van der Waals surface area (Å²) in [5.41, 5.74) is 1.91. The quantitative estimate of drug-likeness (QED) is 0.0305. The molecule has 0 spiro atoms. The molecule has 1 fully saturated rings. The van der Waals surface area contributed by atoms with E-state index in [4.69, 9.17) is 25.8 Å². The molecule has 1 atom stereocenters. The number of amides is 1. The van der Waals surface area contributed by atoms with Crippen LogP contribution in [0.2, 0.25) is 5.02 Å². The number of carbonyl (C=O) groups excluding carboxylic acids is 2. The Morgan fingerprint density at radius 2 is 1.67 bits per heavy atom. The Kier molecular flexibility index (Phi) is 12.4.